The molecule has 5 aromatic rings. The molecule has 408 valence electrons. The summed E-state index contributed by atoms with van der Waals surface area (Å²) in [6.07, 6.45) is 6.70. The summed E-state index contributed by atoms with van der Waals surface area (Å²) in [4.78, 5) is 88.9. The van der Waals surface area contributed by atoms with Gasteiger partial charge in [0.2, 0.25) is 15.9 Å². The van der Waals surface area contributed by atoms with E-state index in [0.717, 1.165) is 51.9 Å². The Balaban J connectivity index is 0.000000291. The number of hydroxylamine groups is 2. The highest BCUT2D eigenvalue weighted by Crippen LogP contribution is 2.47. The van der Waals surface area contributed by atoms with Gasteiger partial charge >= 0.3 is 12.3 Å². The number of rotatable bonds is 29. The van der Waals surface area contributed by atoms with Crippen LogP contribution in [0.25, 0.3) is 22.2 Å². The van der Waals surface area contributed by atoms with Crippen LogP contribution in [0.2, 0.25) is 0 Å². The Morgan fingerprint density at radius 1 is 0.776 bits per heavy atom. The molecule has 2 aromatic heterocycles. The minimum Gasteiger partial charge on any atom is -0.432 e. The molecule has 1 unspecified atom stereocenters. The Kier molecular flexibility index (Phi) is 22.8. The average molecular weight is 1070 g/mol. The highest BCUT2D eigenvalue weighted by molar-refractivity contribution is 7.89. The quantitative estimate of drug-likeness (QED) is 0.0164. The number of nitrogens with one attached hydrogen (secondary N) is 2. The fraction of sp³-hybridized carbons (Fsp3) is 0.453. The van der Waals surface area contributed by atoms with Crippen LogP contribution in [0, 0.1) is 0 Å². The zero-order valence-corrected chi connectivity index (χ0v) is 43.6. The van der Waals surface area contributed by atoms with Crippen molar-refractivity contribution in [2.24, 2.45) is 0 Å². The maximum atomic E-state index is 13.5. The number of amides is 3. The maximum absolute atomic E-state index is 13.5. The first kappa shape index (κ1) is 58.1. The fourth-order valence-corrected chi connectivity index (χ4v) is 9.61. The molecular formula is C53H65N7O15S. The van der Waals surface area contributed by atoms with Gasteiger partial charge in [0.1, 0.15) is 22.5 Å². The smallest absolute Gasteiger partial charge is 0.432 e. The van der Waals surface area contributed by atoms with Crippen LogP contribution in [0.4, 0.5) is 9.59 Å². The lowest BCUT2D eigenvalue weighted by molar-refractivity contribution is -0.177. The lowest BCUT2D eigenvalue weighted by Crippen LogP contribution is -2.32. The Morgan fingerprint density at radius 2 is 1.54 bits per heavy atom. The number of aromatic nitrogens is 4. The number of carbonyl (C=O) groups is 6. The van der Waals surface area contributed by atoms with E-state index in [4.69, 9.17) is 33.7 Å². The van der Waals surface area contributed by atoms with Crippen LogP contribution in [0.1, 0.15) is 117 Å². The lowest BCUT2D eigenvalue weighted by Gasteiger charge is -2.17. The van der Waals surface area contributed by atoms with Gasteiger partial charge in [-0.15, -0.1) is 5.10 Å². The molecule has 0 saturated carbocycles. The summed E-state index contributed by atoms with van der Waals surface area (Å²) in [6, 6.07) is 20.0. The van der Waals surface area contributed by atoms with Crippen molar-refractivity contribution in [1.82, 2.24) is 35.2 Å². The zero-order chi connectivity index (χ0) is 54.3. The van der Waals surface area contributed by atoms with Crippen LogP contribution >= 0.6 is 0 Å². The first-order chi connectivity index (χ1) is 36.8. The first-order valence-electron chi connectivity index (χ1n) is 25.5. The Labute approximate surface area is 440 Å². The van der Waals surface area contributed by atoms with Crippen molar-refractivity contribution < 1.29 is 70.9 Å². The number of aryl methyl sites for hydroxylation is 1. The largest absolute Gasteiger partial charge is 0.535 e. The number of pyridine rings is 1. The molecule has 3 aromatic carbocycles. The molecule has 3 amide bonds. The Hall–Kier alpha value is -7.18. The van der Waals surface area contributed by atoms with E-state index in [2.05, 4.69) is 32.3 Å². The molecule has 2 aliphatic rings. The van der Waals surface area contributed by atoms with Crippen LogP contribution in [-0.2, 0) is 61.0 Å². The number of unbranched alkanes of at least 4 members (excludes halogenated alkanes) is 2. The maximum Gasteiger partial charge on any atom is 0.535 e. The highest BCUT2D eigenvalue weighted by atomic mass is 32.2. The number of benzene rings is 3. The number of sulfonamides is 1. The van der Waals surface area contributed by atoms with E-state index in [1.54, 1.807) is 43.3 Å². The average Bonchev–Trinajstić information content (AvgIpc) is 4.10. The number of fused-ring (bicyclic) bond motifs is 4. The third-order valence-electron chi connectivity index (χ3n) is 12.1. The van der Waals surface area contributed by atoms with Crippen molar-refractivity contribution in [2.45, 2.75) is 102 Å². The number of ether oxygens (including phenoxy) is 4. The van der Waals surface area contributed by atoms with Crippen LogP contribution in [0.3, 0.4) is 0 Å². The zero-order valence-electron chi connectivity index (χ0n) is 42.7. The van der Waals surface area contributed by atoms with Gasteiger partial charge in [0, 0.05) is 95.5 Å². The summed E-state index contributed by atoms with van der Waals surface area (Å²) >= 11 is 0. The number of hydrogen-bond donors (Lipinski definition) is 3. The predicted molar refractivity (Wildman–Crippen MR) is 274 cm³/mol. The minimum absolute atomic E-state index is 0.0277. The predicted octanol–water partition coefficient (Wildman–Crippen LogP) is 5.96. The Morgan fingerprint density at radius 3 is 2.33 bits per heavy atom. The van der Waals surface area contributed by atoms with Crippen molar-refractivity contribution in [3.05, 3.63) is 107 Å². The third kappa shape index (κ3) is 16.7. The summed E-state index contributed by atoms with van der Waals surface area (Å²) in [6.45, 7) is 6.58. The molecule has 0 radical (unpaired) electrons. The number of Topliss-reactive ketones (excluding diaryl/α,β-unsaturated/α-hetero) is 1. The summed E-state index contributed by atoms with van der Waals surface area (Å²) < 4.78 is 48.3. The van der Waals surface area contributed by atoms with E-state index in [0.29, 0.717) is 98.7 Å². The molecule has 1 aliphatic carbocycles. The van der Waals surface area contributed by atoms with E-state index in [1.165, 1.54) is 12.4 Å². The normalized spacial score (nSPS) is 13.7. The molecule has 0 spiro atoms. The Bertz CT molecular complexity index is 2880. The van der Waals surface area contributed by atoms with Gasteiger partial charge in [0.15, 0.2) is 5.78 Å². The van der Waals surface area contributed by atoms with Gasteiger partial charge in [-0.05, 0) is 95.3 Å². The standard InChI is InChI=1S/C37H48N2O10.C16H17N5O5S/c1-2-3-20-47-23-18-38-33(42)13-6-9-26-14-15-28-30(24-26)31(25-48-37(45)49-39-34(43)16-17-35(39)44)27-10-7-11-29(36(27)28)32(41)12-8-22-46-21-5-4-19-40;1-2-18-27(23,24)15-11-17-9-7-12(15)8-10-25-16(22)26-21-14-6-4-3-5-13(14)19-20-21/h7,10-11,14-15,24,31,40H,2-6,8-9,12-13,16-23,25H2,1H3,(H,38,42);3-7,9,11,18H,2,8,10H2,1H3. The third-order valence-corrected chi connectivity index (χ3v) is 13.7. The molecule has 7 rings (SSSR count). The number of aliphatic hydroxyl groups is 1. The van der Waals surface area contributed by atoms with Gasteiger partial charge in [-0.2, -0.15) is 0 Å². The number of hydrogen-bond acceptors (Lipinski definition) is 18. The molecule has 1 atom stereocenters. The summed E-state index contributed by atoms with van der Waals surface area (Å²) in [7, 11) is -3.66. The molecule has 76 heavy (non-hydrogen) atoms. The van der Waals surface area contributed by atoms with Crippen molar-refractivity contribution in [2.75, 3.05) is 59.3 Å². The molecule has 0 bridgehead atoms. The SMILES string of the molecule is CCCCOCCNC(=O)CCCc1ccc2c(c1)C(COC(=O)ON1C(=O)CCC1=O)c1cccc(C(=O)CCCOCCCCO)c1-2.CCNS(=O)(=O)c1cnccc1CCOC(=O)On1nnc2ccccc21. The second-order valence-electron chi connectivity index (χ2n) is 17.6. The van der Waals surface area contributed by atoms with E-state index in [1.807, 2.05) is 30.3 Å². The van der Waals surface area contributed by atoms with Crippen molar-refractivity contribution in [1.29, 1.82) is 0 Å². The van der Waals surface area contributed by atoms with E-state index >= 15 is 0 Å². The van der Waals surface area contributed by atoms with Gasteiger partial charge in [-0.25, -0.2) is 22.7 Å². The first-order valence-corrected chi connectivity index (χ1v) is 26.9. The van der Waals surface area contributed by atoms with Crippen LogP contribution < -0.4 is 14.9 Å². The van der Waals surface area contributed by atoms with E-state index in [9.17, 15) is 37.2 Å². The summed E-state index contributed by atoms with van der Waals surface area (Å²) in [5.74, 6) is -1.70. The summed E-state index contributed by atoms with van der Waals surface area (Å²) in [5.41, 5.74) is 6.46. The van der Waals surface area contributed by atoms with E-state index in [-0.39, 0.29) is 62.2 Å². The molecule has 23 heteroatoms. The monoisotopic (exact) mass is 1070 g/mol. The topological polar surface area (TPSA) is 283 Å². The van der Waals surface area contributed by atoms with Gasteiger partial charge < -0.3 is 29.4 Å². The van der Waals surface area contributed by atoms with Crippen molar-refractivity contribution >= 4 is 56.9 Å². The highest BCUT2D eigenvalue weighted by Gasteiger charge is 2.36. The van der Waals surface area contributed by atoms with Crippen molar-refractivity contribution in [3.63, 3.8) is 0 Å². The number of ketones is 1. The van der Waals surface area contributed by atoms with E-state index < -0.39 is 40.1 Å². The van der Waals surface area contributed by atoms with Gasteiger partial charge in [0.25, 0.3) is 11.8 Å². The number of aliphatic hydroxyl groups excluding tert-OH is 1. The second-order valence-corrected chi connectivity index (χ2v) is 19.3. The lowest BCUT2D eigenvalue weighted by atomic mass is 9.93. The van der Waals surface area contributed by atoms with Gasteiger partial charge in [-0.3, -0.25) is 33.8 Å². The number of imide groups is 1. The molecule has 22 nitrogen and oxygen atoms in total. The van der Waals surface area contributed by atoms with Gasteiger partial charge in [0.05, 0.1) is 13.2 Å². The number of para-hydroxylation sites is 1. The fourth-order valence-electron chi connectivity index (χ4n) is 8.36. The second kappa shape index (κ2) is 29.8. The van der Waals surface area contributed by atoms with Crippen molar-refractivity contribution in [3.8, 4) is 11.1 Å². The molecular weight excluding hydrogens is 1010 g/mol. The number of carbonyl (C=O) groups excluding carboxylic acids is 6. The van der Waals surface area contributed by atoms with Crippen LogP contribution in [0.15, 0.2) is 84.0 Å². The van der Waals surface area contributed by atoms with Crippen LogP contribution in [-0.4, -0.2) is 134 Å². The van der Waals surface area contributed by atoms with Gasteiger partial charge in [-0.1, -0.05) is 78.7 Å². The molecule has 3 heterocycles. The number of nitrogens with zero attached hydrogens (tertiary/aromatic N) is 5. The molecule has 1 fully saturated rings. The van der Waals surface area contributed by atoms with Crippen LogP contribution in [0.5, 0.6) is 0 Å². The molecule has 1 saturated heterocycles. The minimum atomic E-state index is -3.66. The molecule has 1 aliphatic heterocycles. The summed E-state index contributed by atoms with van der Waals surface area (Å²) in [5, 5.41) is 19.8. The molecule has 3 N–H and O–H groups in total.